The summed E-state index contributed by atoms with van der Waals surface area (Å²) in [5, 5.41) is 37.5. The number of aliphatic hydroxyl groups is 3. The van der Waals surface area contributed by atoms with Gasteiger partial charge in [-0.05, 0) is 6.07 Å². The van der Waals surface area contributed by atoms with Crippen LogP contribution in [-0.2, 0) is 14.3 Å². The molecule has 2 heterocycles. The molecule has 24 heavy (non-hydrogen) atoms. The van der Waals surface area contributed by atoms with Gasteiger partial charge in [-0.15, -0.1) is 0 Å². The number of nitrogens with two attached hydrogens (primary N) is 1. The van der Waals surface area contributed by atoms with Gasteiger partial charge >= 0.3 is 11.7 Å². The zero-order valence-electron chi connectivity index (χ0n) is 13.3. The zero-order chi connectivity index (χ0) is 18.8. The average Bonchev–Trinajstić information content (AvgIpc) is 2.83. The molecule has 0 aromatic carbocycles. The van der Waals surface area contributed by atoms with E-state index in [0.717, 1.165) is 12.3 Å². The van der Waals surface area contributed by atoms with Crippen molar-refractivity contribution >= 4 is 11.8 Å². The van der Waals surface area contributed by atoms with E-state index in [2.05, 4.69) is 4.98 Å². The van der Waals surface area contributed by atoms with Crippen LogP contribution < -0.4 is 16.9 Å². The molecule has 0 saturated carbocycles. The number of rotatable bonds is 6. The minimum Gasteiger partial charge on any atom is -0.462 e. The molecule has 1 fully saturated rings. The molecular formula is C12H18N4O8. The topological polar surface area (TPSA) is 189 Å². The standard InChI is InChI=1S/C12H18N4O8/c13-5(3-17)11(20)23-4-6-8(18)9(19)10(24-6)16-2-1-7(15-22)14-12(16)21/h1-2,5-6,8-10,17-19,22H,3-4,13H2,(H,14,15,21)/t5-,6+,8+,9+,10+/m0/s1/i10D. The van der Waals surface area contributed by atoms with Gasteiger partial charge in [-0.2, -0.15) is 4.98 Å². The Bertz CT molecular complexity index is 687. The van der Waals surface area contributed by atoms with Gasteiger partial charge in [-0.3, -0.25) is 20.0 Å². The van der Waals surface area contributed by atoms with Crippen LogP contribution in [0.2, 0.25) is 0 Å². The summed E-state index contributed by atoms with van der Waals surface area (Å²) < 4.78 is 18.7. The maximum atomic E-state index is 11.9. The van der Waals surface area contributed by atoms with Crippen molar-refractivity contribution in [3.05, 3.63) is 22.7 Å². The fourth-order valence-electron chi connectivity index (χ4n) is 1.95. The molecule has 1 aromatic rings. The number of nitrogens with zero attached hydrogens (tertiary/aromatic N) is 2. The van der Waals surface area contributed by atoms with Gasteiger partial charge in [0.15, 0.2) is 12.0 Å². The lowest BCUT2D eigenvalue weighted by Gasteiger charge is -2.17. The van der Waals surface area contributed by atoms with Crippen LogP contribution in [0.15, 0.2) is 17.1 Å². The molecule has 0 unspecified atom stereocenters. The molecule has 0 bridgehead atoms. The van der Waals surface area contributed by atoms with E-state index in [1.54, 1.807) is 5.48 Å². The lowest BCUT2D eigenvalue weighted by atomic mass is 10.1. The lowest BCUT2D eigenvalue weighted by molar-refractivity contribution is -0.152. The van der Waals surface area contributed by atoms with E-state index in [1.165, 1.54) is 0 Å². The van der Waals surface area contributed by atoms with Crippen LogP contribution in [0.4, 0.5) is 5.82 Å². The fraction of sp³-hybridized carbons (Fsp3) is 0.583. The number of hydrogen-bond donors (Lipinski definition) is 6. The van der Waals surface area contributed by atoms with Crippen molar-refractivity contribution in [1.82, 2.24) is 9.55 Å². The van der Waals surface area contributed by atoms with Crippen molar-refractivity contribution in [3.8, 4) is 0 Å². The summed E-state index contributed by atoms with van der Waals surface area (Å²) in [5.74, 6) is -1.16. The van der Waals surface area contributed by atoms with E-state index in [4.69, 9.17) is 26.9 Å². The highest BCUT2D eigenvalue weighted by molar-refractivity contribution is 5.75. The molecule has 134 valence electrons. The number of carbonyl (C=O) groups is 1. The highest BCUT2D eigenvalue weighted by atomic mass is 16.6. The number of anilines is 1. The predicted octanol–water partition coefficient (Wildman–Crippen LogP) is -3.47. The number of aliphatic hydroxyl groups excluding tert-OH is 3. The number of hydrogen-bond acceptors (Lipinski definition) is 11. The number of aromatic nitrogens is 2. The Balaban J connectivity index is 2.18. The Labute approximate surface area is 136 Å². The highest BCUT2D eigenvalue weighted by Gasteiger charge is 2.44. The molecule has 1 aromatic heterocycles. The summed E-state index contributed by atoms with van der Waals surface area (Å²) in [6.45, 7) is -1.21. The van der Waals surface area contributed by atoms with Crippen molar-refractivity contribution in [2.75, 3.05) is 18.7 Å². The van der Waals surface area contributed by atoms with E-state index in [9.17, 15) is 19.8 Å². The second kappa shape index (κ2) is 7.65. The van der Waals surface area contributed by atoms with Gasteiger partial charge in [0.1, 0.15) is 31.0 Å². The molecule has 0 spiro atoms. The Kier molecular flexibility index (Phi) is 5.34. The molecule has 5 atom stereocenters. The van der Waals surface area contributed by atoms with E-state index in [0.29, 0.717) is 4.57 Å². The van der Waals surface area contributed by atoms with Crippen LogP contribution in [0, 0.1) is 0 Å². The summed E-state index contributed by atoms with van der Waals surface area (Å²) >= 11 is 0. The molecule has 0 amide bonds. The Hall–Kier alpha value is -2.09. The SMILES string of the molecule is [2H][C@@]1(n2ccc(NO)nc2=O)O[C@H](COC(=O)[C@@H](N)CO)[C@@H](O)[C@H]1O. The molecule has 0 radical (unpaired) electrons. The molecule has 7 N–H and O–H groups in total. The minimum atomic E-state index is -2.44. The molecule has 1 aliphatic heterocycles. The first-order chi connectivity index (χ1) is 11.7. The van der Waals surface area contributed by atoms with E-state index < -0.39 is 55.4 Å². The Morgan fingerprint density at radius 2 is 2.29 bits per heavy atom. The van der Waals surface area contributed by atoms with Crippen LogP contribution in [0.25, 0.3) is 0 Å². The number of carbonyl (C=O) groups excluding carboxylic acids is 1. The summed E-state index contributed by atoms with van der Waals surface area (Å²) in [4.78, 5) is 26.7. The Morgan fingerprint density at radius 1 is 1.58 bits per heavy atom. The van der Waals surface area contributed by atoms with E-state index in [1.807, 2.05) is 0 Å². The Morgan fingerprint density at radius 3 is 2.88 bits per heavy atom. The quantitative estimate of drug-likeness (QED) is 0.221. The van der Waals surface area contributed by atoms with Crippen molar-refractivity contribution in [1.29, 1.82) is 0 Å². The molecule has 0 aliphatic carbocycles. The second-order valence-electron chi connectivity index (χ2n) is 4.93. The molecule has 12 nitrogen and oxygen atoms in total. The van der Waals surface area contributed by atoms with Crippen LogP contribution in [0.1, 0.15) is 7.57 Å². The first-order valence-electron chi connectivity index (χ1n) is 7.32. The highest BCUT2D eigenvalue weighted by Crippen LogP contribution is 2.28. The van der Waals surface area contributed by atoms with Gasteiger partial charge in [-0.1, -0.05) is 0 Å². The first kappa shape index (κ1) is 16.8. The van der Waals surface area contributed by atoms with Crippen molar-refractivity contribution < 1.29 is 36.2 Å². The third kappa shape index (κ3) is 3.69. The van der Waals surface area contributed by atoms with Gasteiger partial charge in [0.05, 0.1) is 7.98 Å². The molecule has 1 saturated heterocycles. The van der Waals surface area contributed by atoms with E-state index in [-0.39, 0.29) is 5.82 Å². The van der Waals surface area contributed by atoms with Gasteiger partial charge in [0.25, 0.3) is 0 Å². The predicted molar refractivity (Wildman–Crippen MR) is 75.8 cm³/mol. The average molecular weight is 347 g/mol. The second-order valence-corrected chi connectivity index (χ2v) is 4.93. The summed E-state index contributed by atoms with van der Waals surface area (Å²) in [6, 6.07) is -0.150. The monoisotopic (exact) mass is 347 g/mol. The van der Waals surface area contributed by atoms with Gasteiger partial charge in [-0.25, -0.2) is 4.79 Å². The lowest BCUT2D eigenvalue weighted by Crippen LogP contribution is -2.39. The maximum Gasteiger partial charge on any atom is 0.351 e. The maximum absolute atomic E-state index is 11.9. The molecular weight excluding hydrogens is 328 g/mol. The fourth-order valence-corrected chi connectivity index (χ4v) is 1.95. The van der Waals surface area contributed by atoms with Gasteiger partial charge in [0, 0.05) is 6.20 Å². The normalized spacial score (nSPS) is 31.4. The number of nitrogens with one attached hydrogen (secondary N) is 1. The zero-order valence-corrected chi connectivity index (χ0v) is 12.3. The van der Waals surface area contributed by atoms with Crippen LogP contribution in [0.5, 0.6) is 0 Å². The third-order valence-corrected chi connectivity index (χ3v) is 3.27. The molecule has 1 aliphatic rings. The summed E-state index contributed by atoms with van der Waals surface area (Å²) in [7, 11) is 0. The molecule has 2 rings (SSSR count). The van der Waals surface area contributed by atoms with E-state index >= 15 is 0 Å². The van der Waals surface area contributed by atoms with Crippen molar-refractivity contribution in [2.24, 2.45) is 5.73 Å². The van der Waals surface area contributed by atoms with Crippen LogP contribution >= 0.6 is 0 Å². The van der Waals surface area contributed by atoms with Crippen LogP contribution in [-0.4, -0.2) is 73.6 Å². The number of ether oxygens (including phenoxy) is 2. The van der Waals surface area contributed by atoms with Crippen molar-refractivity contribution in [3.63, 3.8) is 0 Å². The summed E-state index contributed by atoms with van der Waals surface area (Å²) in [6.07, 6.45) is -6.26. The first-order valence-corrected chi connectivity index (χ1v) is 6.82. The molecule has 12 heteroatoms. The third-order valence-electron chi connectivity index (χ3n) is 3.27. The smallest absolute Gasteiger partial charge is 0.351 e. The van der Waals surface area contributed by atoms with Crippen LogP contribution in [0.3, 0.4) is 0 Å². The minimum absolute atomic E-state index is 0.193. The van der Waals surface area contributed by atoms with Gasteiger partial charge < -0.3 is 30.5 Å². The number of esters is 1. The largest absolute Gasteiger partial charge is 0.462 e. The summed E-state index contributed by atoms with van der Waals surface area (Å²) in [5.41, 5.74) is 5.87. The van der Waals surface area contributed by atoms with Gasteiger partial charge in [0.2, 0.25) is 0 Å². The van der Waals surface area contributed by atoms with Crippen molar-refractivity contribution in [2.45, 2.75) is 30.6 Å².